The van der Waals surface area contributed by atoms with Crippen LogP contribution in [0.15, 0.2) is 4.79 Å². The van der Waals surface area contributed by atoms with Crippen molar-refractivity contribution in [3.8, 4) is 0 Å². The van der Waals surface area contributed by atoms with Crippen LogP contribution < -0.4 is 11.0 Å². The zero-order chi connectivity index (χ0) is 11.5. The molecule has 0 unspecified atom stereocenters. The first-order chi connectivity index (χ1) is 7.70. The number of hydrogen-bond donors (Lipinski definition) is 2. The van der Waals surface area contributed by atoms with Gasteiger partial charge < -0.3 is 15.2 Å². The highest BCUT2D eigenvalue weighted by molar-refractivity contribution is 5.26. The molecule has 0 spiro atoms. The van der Waals surface area contributed by atoms with Crippen LogP contribution in [-0.4, -0.2) is 42.1 Å². The standard InChI is InChI=1S/C11H18N4O/c1-12-7-10-8-3-5-15(2)6-4-9(8)13-11(16)14-10/h12H,3-7H2,1-2H3,(H,13,14,16). The second kappa shape index (κ2) is 4.76. The molecule has 1 aliphatic rings. The van der Waals surface area contributed by atoms with Gasteiger partial charge in [0.15, 0.2) is 0 Å². The van der Waals surface area contributed by atoms with Gasteiger partial charge in [0.05, 0.1) is 5.69 Å². The summed E-state index contributed by atoms with van der Waals surface area (Å²) in [7, 11) is 3.98. The lowest BCUT2D eigenvalue weighted by atomic mass is 10.1. The summed E-state index contributed by atoms with van der Waals surface area (Å²) in [6, 6.07) is 0. The van der Waals surface area contributed by atoms with E-state index in [1.54, 1.807) is 0 Å². The number of fused-ring (bicyclic) bond motifs is 1. The summed E-state index contributed by atoms with van der Waals surface area (Å²) < 4.78 is 0. The third kappa shape index (κ3) is 2.31. The molecule has 0 amide bonds. The molecule has 2 N–H and O–H groups in total. The van der Waals surface area contributed by atoms with Crippen molar-refractivity contribution < 1.29 is 0 Å². The number of aromatic amines is 1. The Balaban J connectivity index is 2.41. The van der Waals surface area contributed by atoms with Gasteiger partial charge >= 0.3 is 5.69 Å². The highest BCUT2D eigenvalue weighted by Crippen LogP contribution is 2.14. The van der Waals surface area contributed by atoms with Crippen LogP contribution >= 0.6 is 0 Å². The van der Waals surface area contributed by atoms with Crippen LogP contribution in [-0.2, 0) is 19.4 Å². The molecule has 0 bridgehead atoms. The molecule has 1 aliphatic heterocycles. The molecule has 0 fully saturated rings. The first-order valence-corrected chi connectivity index (χ1v) is 5.65. The van der Waals surface area contributed by atoms with Gasteiger partial charge in [-0.3, -0.25) is 0 Å². The summed E-state index contributed by atoms with van der Waals surface area (Å²) in [4.78, 5) is 20.6. The molecule has 0 atom stereocenters. The molecule has 1 aromatic rings. The second-order valence-corrected chi connectivity index (χ2v) is 4.28. The van der Waals surface area contributed by atoms with Gasteiger partial charge in [-0.1, -0.05) is 0 Å². The van der Waals surface area contributed by atoms with E-state index in [1.807, 2.05) is 7.05 Å². The Hall–Kier alpha value is -1.20. The Morgan fingerprint density at radius 2 is 2.19 bits per heavy atom. The third-order valence-corrected chi connectivity index (χ3v) is 3.04. The number of nitrogens with one attached hydrogen (secondary N) is 2. The van der Waals surface area contributed by atoms with E-state index in [9.17, 15) is 4.79 Å². The van der Waals surface area contributed by atoms with Gasteiger partial charge in [-0.05, 0) is 26.1 Å². The van der Waals surface area contributed by atoms with Crippen molar-refractivity contribution in [2.45, 2.75) is 19.4 Å². The molecule has 0 radical (unpaired) electrons. The number of rotatable bonds is 2. The van der Waals surface area contributed by atoms with Crippen LogP contribution in [0, 0.1) is 0 Å². The molecule has 5 nitrogen and oxygen atoms in total. The molecule has 2 heterocycles. The number of hydrogen-bond acceptors (Lipinski definition) is 4. The SMILES string of the molecule is CNCc1nc(=O)[nH]c2c1CCN(C)CC2. The lowest BCUT2D eigenvalue weighted by molar-refractivity contribution is 0.351. The molecular weight excluding hydrogens is 204 g/mol. The van der Waals surface area contributed by atoms with Crippen LogP contribution in [0.2, 0.25) is 0 Å². The minimum atomic E-state index is -0.228. The van der Waals surface area contributed by atoms with Gasteiger partial charge in [0, 0.05) is 31.7 Å². The first kappa shape index (κ1) is 11.3. The summed E-state index contributed by atoms with van der Waals surface area (Å²) in [6.45, 7) is 2.68. The van der Waals surface area contributed by atoms with E-state index < -0.39 is 0 Å². The van der Waals surface area contributed by atoms with E-state index in [4.69, 9.17) is 0 Å². The lowest BCUT2D eigenvalue weighted by Gasteiger charge is -2.11. The highest BCUT2D eigenvalue weighted by atomic mass is 16.1. The Morgan fingerprint density at radius 3 is 2.94 bits per heavy atom. The fraction of sp³-hybridized carbons (Fsp3) is 0.636. The molecule has 0 aliphatic carbocycles. The van der Waals surface area contributed by atoms with Crippen molar-refractivity contribution in [2.75, 3.05) is 27.2 Å². The zero-order valence-electron chi connectivity index (χ0n) is 9.84. The minimum Gasteiger partial charge on any atom is -0.314 e. The summed E-state index contributed by atoms with van der Waals surface area (Å²) in [5.74, 6) is 0. The minimum absolute atomic E-state index is 0.228. The van der Waals surface area contributed by atoms with E-state index >= 15 is 0 Å². The molecule has 1 aromatic heterocycles. The Morgan fingerprint density at radius 1 is 1.44 bits per heavy atom. The summed E-state index contributed by atoms with van der Waals surface area (Å²) in [5, 5.41) is 3.06. The molecule has 0 saturated carbocycles. The monoisotopic (exact) mass is 222 g/mol. The van der Waals surface area contributed by atoms with Crippen LogP contribution in [0.25, 0.3) is 0 Å². The van der Waals surface area contributed by atoms with Crippen molar-refractivity contribution >= 4 is 0 Å². The average Bonchev–Trinajstić information content (AvgIpc) is 2.42. The van der Waals surface area contributed by atoms with Crippen molar-refractivity contribution in [1.82, 2.24) is 20.2 Å². The fourth-order valence-electron chi connectivity index (χ4n) is 2.14. The van der Waals surface area contributed by atoms with Crippen LogP contribution in [0.5, 0.6) is 0 Å². The van der Waals surface area contributed by atoms with Gasteiger partial charge in [0.1, 0.15) is 0 Å². The zero-order valence-corrected chi connectivity index (χ0v) is 9.84. The Bertz CT molecular complexity index is 426. The lowest BCUT2D eigenvalue weighted by Crippen LogP contribution is -2.22. The van der Waals surface area contributed by atoms with Gasteiger partial charge in [-0.15, -0.1) is 0 Å². The molecule has 2 rings (SSSR count). The normalized spacial score (nSPS) is 16.9. The number of aromatic nitrogens is 2. The van der Waals surface area contributed by atoms with E-state index in [2.05, 4.69) is 27.2 Å². The molecule has 88 valence electrons. The summed E-state index contributed by atoms with van der Waals surface area (Å²) in [6.07, 6.45) is 1.87. The molecule has 5 heteroatoms. The smallest absolute Gasteiger partial charge is 0.314 e. The largest absolute Gasteiger partial charge is 0.345 e. The van der Waals surface area contributed by atoms with E-state index in [0.717, 1.165) is 37.3 Å². The maximum absolute atomic E-state index is 11.4. The van der Waals surface area contributed by atoms with E-state index in [1.165, 1.54) is 5.56 Å². The van der Waals surface area contributed by atoms with E-state index in [-0.39, 0.29) is 5.69 Å². The van der Waals surface area contributed by atoms with Crippen molar-refractivity contribution in [1.29, 1.82) is 0 Å². The van der Waals surface area contributed by atoms with Gasteiger partial charge in [0.2, 0.25) is 0 Å². The Labute approximate surface area is 94.9 Å². The molecule has 16 heavy (non-hydrogen) atoms. The van der Waals surface area contributed by atoms with Gasteiger partial charge in [0.25, 0.3) is 0 Å². The van der Waals surface area contributed by atoms with Crippen LogP contribution in [0.3, 0.4) is 0 Å². The van der Waals surface area contributed by atoms with Crippen molar-refractivity contribution in [3.63, 3.8) is 0 Å². The first-order valence-electron chi connectivity index (χ1n) is 5.65. The summed E-state index contributed by atoms with van der Waals surface area (Å²) in [5.41, 5.74) is 2.96. The molecule has 0 aromatic carbocycles. The fourth-order valence-corrected chi connectivity index (χ4v) is 2.14. The third-order valence-electron chi connectivity index (χ3n) is 3.04. The predicted octanol–water partition coefficient (Wildman–Crippen LogP) is -0.480. The number of likely N-dealkylation sites (N-methyl/N-ethyl adjacent to an activating group) is 1. The van der Waals surface area contributed by atoms with Crippen molar-refractivity contribution in [2.24, 2.45) is 0 Å². The maximum Gasteiger partial charge on any atom is 0.345 e. The van der Waals surface area contributed by atoms with E-state index in [0.29, 0.717) is 6.54 Å². The maximum atomic E-state index is 11.4. The predicted molar refractivity (Wildman–Crippen MR) is 62.5 cm³/mol. The number of nitrogens with zero attached hydrogens (tertiary/aromatic N) is 2. The number of H-pyrrole nitrogens is 1. The topological polar surface area (TPSA) is 61.0 Å². The molecule has 0 saturated heterocycles. The second-order valence-electron chi connectivity index (χ2n) is 4.28. The summed E-state index contributed by atoms with van der Waals surface area (Å²) >= 11 is 0. The van der Waals surface area contributed by atoms with Crippen molar-refractivity contribution in [3.05, 3.63) is 27.4 Å². The van der Waals surface area contributed by atoms with Crippen LogP contribution in [0.4, 0.5) is 0 Å². The highest BCUT2D eigenvalue weighted by Gasteiger charge is 2.16. The quantitative estimate of drug-likeness (QED) is 0.709. The average molecular weight is 222 g/mol. The van der Waals surface area contributed by atoms with Gasteiger partial charge in [-0.25, -0.2) is 4.79 Å². The van der Waals surface area contributed by atoms with Crippen LogP contribution in [0.1, 0.15) is 17.0 Å². The molecular formula is C11H18N4O. The van der Waals surface area contributed by atoms with Gasteiger partial charge in [-0.2, -0.15) is 4.98 Å². The Kier molecular flexibility index (Phi) is 3.36.